The van der Waals surface area contributed by atoms with Crippen LogP contribution >= 0.6 is 11.8 Å². The summed E-state index contributed by atoms with van der Waals surface area (Å²) in [5.74, 6) is -0.678. The number of halogens is 1. The maximum Gasteiger partial charge on any atom is 0.310 e. The second-order valence-electron chi connectivity index (χ2n) is 6.86. The van der Waals surface area contributed by atoms with Crippen LogP contribution in [0.1, 0.15) is 24.8 Å². The Kier molecular flexibility index (Phi) is 4.91. The fourth-order valence-electron chi connectivity index (χ4n) is 3.50. The van der Waals surface area contributed by atoms with Gasteiger partial charge in [0.1, 0.15) is 5.82 Å². The number of hydrogen-bond donors (Lipinski definition) is 0. The van der Waals surface area contributed by atoms with Crippen molar-refractivity contribution in [2.75, 3.05) is 17.2 Å². The molecule has 1 amide bonds. The summed E-state index contributed by atoms with van der Waals surface area (Å²) in [6.45, 7) is 2.19. The number of nitrogens with zero attached hydrogens (tertiary/aromatic N) is 1. The van der Waals surface area contributed by atoms with E-state index in [-0.39, 0.29) is 23.6 Å². The molecule has 3 atom stereocenters. The van der Waals surface area contributed by atoms with Crippen molar-refractivity contribution < 1.29 is 18.7 Å². The van der Waals surface area contributed by atoms with E-state index in [4.69, 9.17) is 4.74 Å². The van der Waals surface area contributed by atoms with Crippen molar-refractivity contribution in [3.8, 4) is 0 Å². The maximum absolute atomic E-state index is 13.9. The lowest BCUT2D eigenvalue weighted by molar-refractivity contribution is -0.155. The third-order valence-corrected chi connectivity index (χ3v) is 6.08. The maximum atomic E-state index is 13.9. The molecule has 4 nitrogen and oxygen atoms in total. The van der Waals surface area contributed by atoms with Crippen molar-refractivity contribution in [3.63, 3.8) is 0 Å². The minimum atomic E-state index is -0.865. The molecule has 1 heterocycles. The molecule has 1 aliphatic carbocycles. The van der Waals surface area contributed by atoms with Crippen LogP contribution < -0.4 is 4.90 Å². The number of thioether (sulfide) groups is 1. The van der Waals surface area contributed by atoms with Crippen molar-refractivity contribution in [1.29, 1.82) is 0 Å². The average molecular weight is 385 g/mol. The van der Waals surface area contributed by atoms with Gasteiger partial charge in [-0.05, 0) is 37.1 Å². The first-order valence-electron chi connectivity index (χ1n) is 9.04. The molecular formula is C21H20FNO3S. The quantitative estimate of drug-likeness (QED) is 0.747. The Morgan fingerprint density at radius 2 is 1.93 bits per heavy atom. The topological polar surface area (TPSA) is 46.6 Å². The van der Waals surface area contributed by atoms with E-state index in [2.05, 4.69) is 0 Å². The minimum absolute atomic E-state index is 0.159. The molecule has 4 rings (SSSR count). The predicted octanol–water partition coefficient (Wildman–Crippen LogP) is 4.00. The number of esters is 1. The molecule has 0 saturated heterocycles. The van der Waals surface area contributed by atoms with Crippen LogP contribution in [0.5, 0.6) is 0 Å². The Balaban J connectivity index is 1.40. The molecule has 6 heteroatoms. The van der Waals surface area contributed by atoms with Gasteiger partial charge in [-0.15, -0.1) is 11.8 Å². The van der Waals surface area contributed by atoms with Crippen molar-refractivity contribution in [1.82, 2.24) is 0 Å². The second kappa shape index (κ2) is 7.35. The van der Waals surface area contributed by atoms with Crippen molar-refractivity contribution in [2.24, 2.45) is 5.92 Å². The Hall–Kier alpha value is -2.34. The van der Waals surface area contributed by atoms with Gasteiger partial charge in [-0.25, -0.2) is 4.39 Å². The van der Waals surface area contributed by atoms with Crippen LogP contribution in [-0.4, -0.2) is 30.3 Å². The molecule has 0 spiro atoms. The fraction of sp³-hybridized carbons (Fsp3) is 0.333. The van der Waals surface area contributed by atoms with E-state index in [1.54, 1.807) is 41.8 Å². The molecule has 1 fully saturated rings. The highest BCUT2D eigenvalue weighted by molar-refractivity contribution is 7.99. The molecule has 2 aliphatic rings. The van der Waals surface area contributed by atoms with Gasteiger partial charge in [0, 0.05) is 23.1 Å². The first-order valence-corrected chi connectivity index (χ1v) is 10.0. The molecule has 0 N–H and O–H groups in total. The number of fused-ring (bicyclic) bond motifs is 1. The van der Waals surface area contributed by atoms with Gasteiger partial charge in [0.25, 0.3) is 5.91 Å². The Labute approximate surface area is 161 Å². The average Bonchev–Trinajstić information content (AvgIpc) is 3.48. The number of para-hydroxylation sites is 1. The smallest absolute Gasteiger partial charge is 0.310 e. The number of carbonyl (C=O) groups excluding carboxylic acids is 2. The van der Waals surface area contributed by atoms with Crippen LogP contribution in [0.2, 0.25) is 0 Å². The lowest BCUT2D eigenvalue weighted by atomic mass is 10.1. The molecule has 1 aliphatic heterocycles. The van der Waals surface area contributed by atoms with Gasteiger partial charge in [-0.3, -0.25) is 9.59 Å². The second-order valence-corrected chi connectivity index (χ2v) is 7.99. The van der Waals surface area contributed by atoms with Gasteiger partial charge in [-0.1, -0.05) is 30.3 Å². The van der Waals surface area contributed by atoms with Crippen LogP contribution in [0.3, 0.4) is 0 Å². The number of anilines is 1. The number of amides is 1. The zero-order valence-electron chi connectivity index (χ0n) is 14.9. The Bertz CT molecular complexity index is 887. The summed E-state index contributed by atoms with van der Waals surface area (Å²) < 4.78 is 19.3. The van der Waals surface area contributed by atoms with Crippen LogP contribution in [-0.2, 0) is 14.3 Å². The summed E-state index contributed by atoms with van der Waals surface area (Å²) in [5, 5.41) is 0. The Morgan fingerprint density at radius 1 is 1.19 bits per heavy atom. The van der Waals surface area contributed by atoms with E-state index < -0.39 is 12.1 Å². The highest BCUT2D eigenvalue weighted by Gasteiger charge is 2.47. The van der Waals surface area contributed by atoms with Crippen molar-refractivity contribution in [3.05, 3.63) is 59.9 Å². The van der Waals surface area contributed by atoms with E-state index in [0.29, 0.717) is 18.5 Å². The summed E-state index contributed by atoms with van der Waals surface area (Å²) in [4.78, 5) is 28.0. The third-order valence-electron chi connectivity index (χ3n) is 5.03. The van der Waals surface area contributed by atoms with Gasteiger partial charge in [0.2, 0.25) is 0 Å². The molecule has 0 aromatic heterocycles. The third kappa shape index (κ3) is 3.58. The van der Waals surface area contributed by atoms with Gasteiger partial charge in [0.05, 0.1) is 11.6 Å². The first-order chi connectivity index (χ1) is 13.1. The zero-order valence-corrected chi connectivity index (χ0v) is 15.7. The van der Waals surface area contributed by atoms with E-state index in [1.165, 1.54) is 6.07 Å². The lowest BCUT2D eigenvalue weighted by Gasteiger charge is -2.30. The van der Waals surface area contributed by atoms with E-state index >= 15 is 0 Å². The van der Waals surface area contributed by atoms with Crippen LogP contribution in [0.15, 0.2) is 53.4 Å². The van der Waals surface area contributed by atoms with Gasteiger partial charge in [-0.2, -0.15) is 0 Å². The number of hydrogen-bond acceptors (Lipinski definition) is 4. The summed E-state index contributed by atoms with van der Waals surface area (Å²) in [6.07, 6.45) is -0.306. The molecule has 2 aromatic carbocycles. The summed E-state index contributed by atoms with van der Waals surface area (Å²) in [6, 6.07) is 14.2. The summed E-state index contributed by atoms with van der Waals surface area (Å²) in [7, 11) is 0. The van der Waals surface area contributed by atoms with Crippen LogP contribution in [0.4, 0.5) is 10.1 Å². The number of ether oxygens (including phenoxy) is 1. The van der Waals surface area contributed by atoms with Gasteiger partial charge < -0.3 is 9.64 Å². The monoisotopic (exact) mass is 385 g/mol. The number of carbonyl (C=O) groups is 2. The molecule has 2 aromatic rings. The SMILES string of the molecule is C[C@H](OC(=O)[C@H]1C[C@H]1c1ccccc1F)C(=O)N1CCSc2ccccc21. The largest absolute Gasteiger partial charge is 0.452 e. The molecule has 0 bridgehead atoms. The van der Waals surface area contributed by atoms with E-state index in [0.717, 1.165) is 16.3 Å². The number of rotatable bonds is 4. The number of benzene rings is 2. The molecule has 27 heavy (non-hydrogen) atoms. The Morgan fingerprint density at radius 3 is 2.74 bits per heavy atom. The minimum Gasteiger partial charge on any atom is -0.452 e. The fourth-order valence-corrected chi connectivity index (χ4v) is 4.50. The van der Waals surface area contributed by atoms with Gasteiger partial charge in [0.15, 0.2) is 6.10 Å². The first kappa shape index (κ1) is 18.0. The van der Waals surface area contributed by atoms with E-state index in [9.17, 15) is 14.0 Å². The highest BCUT2D eigenvalue weighted by Crippen LogP contribution is 2.49. The standard InChI is InChI=1S/C21H20FNO3S/c1-13(20(24)23-10-11-27-19-9-5-4-8-18(19)23)26-21(25)16-12-15(16)14-6-2-3-7-17(14)22/h2-9,13,15-16H,10-12H2,1H3/t13-,15-,16-/m0/s1. The van der Waals surface area contributed by atoms with Crippen molar-refractivity contribution >= 4 is 29.3 Å². The molecule has 140 valence electrons. The van der Waals surface area contributed by atoms with Crippen LogP contribution in [0, 0.1) is 11.7 Å². The van der Waals surface area contributed by atoms with Crippen molar-refractivity contribution in [2.45, 2.75) is 30.3 Å². The molecule has 0 radical (unpaired) electrons. The lowest BCUT2D eigenvalue weighted by Crippen LogP contribution is -2.43. The molecular weight excluding hydrogens is 365 g/mol. The van der Waals surface area contributed by atoms with Gasteiger partial charge >= 0.3 is 5.97 Å². The predicted molar refractivity (Wildman–Crippen MR) is 102 cm³/mol. The molecule has 1 saturated carbocycles. The van der Waals surface area contributed by atoms with E-state index in [1.807, 2.05) is 24.3 Å². The normalized spacial score (nSPS) is 21.9. The zero-order chi connectivity index (χ0) is 19.0. The summed E-state index contributed by atoms with van der Waals surface area (Å²) >= 11 is 1.71. The molecule has 0 unspecified atom stereocenters. The summed E-state index contributed by atoms with van der Waals surface area (Å²) in [5.41, 5.74) is 1.40. The van der Waals surface area contributed by atoms with Crippen LogP contribution in [0.25, 0.3) is 0 Å². The highest BCUT2D eigenvalue weighted by atomic mass is 32.2.